The van der Waals surface area contributed by atoms with Crippen molar-refractivity contribution in [2.24, 2.45) is 5.73 Å². The van der Waals surface area contributed by atoms with E-state index in [1.165, 1.54) is 22.2 Å². The summed E-state index contributed by atoms with van der Waals surface area (Å²) in [6.45, 7) is 6.32. The molecule has 4 rings (SSSR count). The number of piperidine rings is 1. The molecule has 1 unspecified atom stereocenters. The summed E-state index contributed by atoms with van der Waals surface area (Å²) in [6.07, 6.45) is 7.65. The van der Waals surface area contributed by atoms with Crippen LogP contribution in [-0.2, 0) is 11.3 Å². The van der Waals surface area contributed by atoms with Gasteiger partial charge in [0.05, 0.1) is 5.52 Å². The number of fused-ring (bicyclic) bond motifs is 1. The summed E-state index contributed by atoms with van der Waals surface area (Å²) in [6, 6.07) is 6.51. The van der Waals surface area contributed by atoms with Gasteiger partial charge in [-0.2, -0.15) is 0 Å². The quantitative estimate of drug-likeness (QED) is 0.773. The number of aryl methyl sites for hydroxylation is 2. The third-order valence-electron chi connectivity index (χ3n) is 5.36. The number of nitrogens with two attached hydrogens (primary N) is 1. The third kappa shape index (κ3) is 3.39. The van der Waals surface area contributed by atoms with Gasteiger partial charge in [0.2, 0.25) is 5.91 Å². The Balaban J connectivity index is 1.67. The van der Waals surface area contributed by atoms with Gasteiger partial charge in [-0.15, -0.1) is 0 Å². The zero-order valence-electron chi connectivity index (χ0n) is 15.9. The monoisotopic (exact) mass is 363 g/mol. The summed E-state index contributed by atoms with van der Waals surface area (Å²) in [4.78, 5) is 22.9. The fourth-order valence-electron chi connectivity index (χ4n) is 4.26. The van der Waals surface area contributed by atoms with Crippen molar-refractivity contribution in [2.45, 2.75) is 39.2 Å². The van der Waals surface area contributed by atoms with Crippen LogP contribution in [0.1, 0.15) is 35.7 Å². The molecule has 6 nitrogen and oxygen atoms in total. The Bertz CT molecular complexity index is 993. The molecule has 1 aliphatic rings. The molecule has 140 valence electrons. The highest BCUT2D eigenvalue weighted by Crippen LogP contribution is 2.34. The Labute approximate surface area is 159 Å². The highest BCUT2D eigenvalue weighted by atomic mass is 16.1. The van der Waals surface area contributed by atoms with Crippen molar-refractivity contribution in [3.63, 3.8) is 0 Å². The number of carbonyl (C=O) groups excluding carboxylic acids is 1. The summed E-state index contributed by atoms with van der Waals surface area (Å²) in [5, 5.41) is 1.20. The van der Waals surface area contributed by atoms with Gasteiger partial charge in [0.15, 0.2) is 0 Å². The maximum atomic E-state index is 11.4. The number of primary amides is 1. The Hall–Kier alpha value is -2.89. The second-order valence-electron chi connectivity index (χ2n) is 7.47. The van der Waals surface area contributed by atoms with Gasteiger partial charge in [-0.1, -0.05) is 11.6 Å². The predicted octanol–water partition coefficient (Wildman–Crippen LogP) is 2.92. The number of aromatic nitrogens is 3. The van der Waals surface area contributed by atoms with Crippen LogP contribution in [0.5, 0.6) is 0 Å². The van der Waals surface area contributed by atoms with E-state index < -0.39 is 0 Å². The van der Waals surface area contributed by atoms with Crippen LogP contribution in [0, 0.1) is 13.8 Å². The van der Waals surface area contributed by atoms with Crippen LogP contribution in [0.4, 0.5) is 5.69 Å². The number of amides is 1. The number of nitrogens with zero attached hydrogens (tertiary/aromatic N) is 4. The fourth-order valence-corrected chi connectivity index (χ4v) is 4.26. The van der Waals surface area contributed by atoms with Gasteiger partial charge in [0.1, 0.15) is 12.4 Å². The Morgan fingerprint density at radius 2 is 2.11 bits per heavy atom. The number of rotatable bonds is 4. The van der Waals surface area contributed by atoms with Gasteiger partial charge in [0, 0.05) is 48.7 Å². The maximum Gasteiger partial charge on any atom is 0.237 e. The van der Waals surface area contributed by atoms with Crippen molar-refractivity contribution in [3.05, 3.63) is 53.7 Å². The lowest BCUT2D eigenvalue weighted by Crippen LogP contribution is -2.36. The molecule has 6 heteroatoms. The van der Waals surface area contributed by atoms with Crippen molar-refractivity contribution in [1.29, 1.82) is 0 Å². The number of anilines is 1. The molecular formula is C21H25N5O. The lowest BCUT2D eigenvalue weighted by molar-refractivity contribution is -0.118. The lowest BCUT2D eigenvalue weighted by atomic mass is 9.95. The summed E-state index contributed by atoms with van der Waals surface area (Å²) in [5.74, 6) is 0.888. The molecule has 1 saturated heterocycles. The van der Waals surface area contributed by atoms with Crippen molar-refractivity contribution >= 4 is 22.5 Å². The largest absolute Gasteiger partial charge is 0.370 e. The number of benzene rings is 1. The van der Waals surface area contributed by atoms with Gasteiger partial charge in [-0.3, -0.25) is 9.78 Å². The first kappa shape index (κ1) is 17.5. The average Bonchev–Trinajstić information content (AvgIpc) is 3.08. The molecule has 0 saturated carbocycles. The van der Waals surface area contributed by atoms with Crippen molar-refractivity contribution < 1.29 is 4.79 Å². The lowest BCUT2D eigenvalue weighted by Gasteiger charge is -2.35. The molecule has 3 heterocycles. The molecule has 3 aromatic rings. The SMILES string of the molecule is Cc1cc(C)c2nccc(N3CCCC(c4nccn4CC(N)=O)C3)c2c1. The van der Waals surface area contributed by atoms with Crippen LogP contribution in [0.25, 0.3) is 10.9 Å². The first-order valence-corrected chi connectivity index (χ1v) is 9.43. The van der Waals surface area contributed by atoms with Crippen molar-refractivity contribution in [3.8, 4) is 0 Å². The van der Waals surface area contributed by atoms with E-state index in [0.717, 1.165) is 37.3 Å². The number of imidazole rings is 1. The Morgan fingerprint density at radius 3 is 2.93 bits per heavy atom. The van der Waals surface area contributed by atoms with Gasteiger partial charge in [-0.05, 0) is 44.4 Å². The minimum Gasteiger partial charge on any atom is -0.370 e. The fraction of sp³-hybridized carbons (Fsp3) is 0.381. The third-order valence-corrected chi connectivity index (χ3v) is 5.36. The summed E-state index contributed by atoms with van der Waals surface area (Å²) < 4.78 is 1.88. The predicted molar refractivity (Wildman–Crippen MR) is 107 cm³/mol. The van der Waals surface area contributed by atoms with Crippen LogP contribution in [0.2, 0.25) is 0 Å². The zero-order valence-corrected chi connectivity index (χ0v) is 15.9. The van der Waals surface area contributed by atoms with Crippen molar-refractivity contribution in [2.75, 3.05) is 18.0 Å². The topological polar surface area (TPSA) is 77.0 Å². The Kier molecular flexibility index (Phi) is 4.56. The van der Waals surface area contributed by atoms with E-state index in [4.69, 9.17) is 5.73 Å². The molecule has 1 fully saturated rings. The maximum absolute atomic E-state index is 11.4. The van der Waals surface area contributed by atoms with Crippen LogP contribution >= 0.6 is 0 Å². The van der Waals surface area contributed by atoms with E-state index in [9.17, 15) is 4.79 Å². The van der Waals surface area contributed by atoms with Gasteiger partial charge >= 0.3 is 0 Å². The molecule has 0 bridgehead atoms. The van der Waals surface area contributed by atoms with E-state index in [1.54, 1.807) is 6.20 Å². The highest BCUT2D eigenvalue weighted by molar-refractivity contribution is 5.94. The van der Waals surface area contributed by atoms with E-state index in [-0.39, 0.29) is 18.4 Å². The molecule has 0 radical (unpaired) electrons. The highest BCUT2D eigenvalue weighted by Gasteiger charge is 2.26. The van der Waals surface area contributed by atoms with Gasteiger partial charge in [-0.25, -0.2) is 4.98 Å². The van der Waals surface area contributed by atoms with Crippen molar-refractivity contribution in [1.82, 2.24) is 14.5 Å². The molecule has 2 aromatic heterocycles. The molecule has 1 aromatic carbocycles. The molecular weight excluding hydrogens is 338 g/mol. The first-order valence-electron chi connectivity index (χ1n) is 9.43. The number of hydrogen-bond donors (Lipinski definition) is 1. The second kappa shape index (κ2) is 7.02. The molecule has 0 aliphatic carbocycles. The molecule has 2 N–H and O–H groups in total. The van der Waals surface area contributed by atoms with E-state index >= 15 is 0 Å². The van der Waals surface area contributed by atoms with Crippen LogP contribution in [0.15, 0.2) is 36.8 Å². The summed E-state index contributed by atoms with van der Waals surface area (Å²) >= 11 is 0. The average molecular weight is 363 g/mol. The normalized spacial score (nSPS) is 17.4. The van der Waals surface area contributed by atoms with Crippen LogP contribution < -0.4 is 10.6 Å². The van der Waals surface area contributed by atoms with Crippen LogP contribution in [-0.4, -0.2) is 33.5 Å². The van der Waals surface area contributed by atoms with E-state index in [2.05, 4.69) is 46.9 Å². The summed E-state index contributed by atoms with van der Waals surface area (Å²) in [5.41, 5.74) is 10.1. The second-order valence-corrected chi connectivity index (χ2v) is 7.47. The van der Waals surface area contributed by atoms with Crippen LogP contribution in [0.3, 0.4) is 0 Å². The molecule has 0 spiro atoms. The zero-order chi connectivity index (χ0) is 19.0. The first-order chi connectivity index (χ1) is 13.0. The summed E-state index contributed by atoms with van der Waals surface area (Å²) in [7, 11) is 0. The molecule has 1 atom stereocenters. The van der Waals surface area contributed by atoms with Gasteiger partial charge < -0.3 is 15.2 Å². The standard InChI is InChI=1S/C21H25N5O/c1-14-10-15(2)20-17(11-14)18(5-6-23-20)25-8-3-4-16(12-25)21-24-7-9-26(21)13-19(22)27/h5-7,9-11,16H,3-4,8,12-13H2,1-2H3,(H2,22,27). The number of pyridine rings is 1. The van der Waals surface area contributed by atoms with E-state index in [0.29, 0.717) is 0 Å². The molecule has 1 amide bonds. The molecule has 27 heavy (non-hydrogen) atoms. The smallest absolute Gasteiger partial charge is 0.237 e. The number of carbonyl (C=O) groups is 1. The number of hydrogen-bond acceptors (Lipinski definition) is 4. The molecule has 1 aliphatic heterocycles. The minimum absolute atomic E-state index is 0.183. The van der Waals surface area contributed by atoms with Gasteiger partial charge in [0.25, 0.3) is 0 Å². The van der Waals surface area contributed by atoms with E-state index in [1.807, 2.05) is 17.0 Å². The minimum atomic E-state index is -0.340. The Morgan fingerprint density at radius 1 is 1.26 bits per heavy atom.